The molecule has 0 bridgehead atoms. The highest BCUT2D eigenvalue weighted by Gasteiger charge is 2.20. The third-order valence-electron chi connectivity index (χ3n) is 4.36. The normalized spacial score (nSPS) is 10.9. The van der Waals surface area contributed by atoms with Crippen molar-refractivity contribution in [1.29, 1.82) is 0 Å². The lowest BCUT2D eigenvalue weighted by Crippen LogP contribution is -2.15. The van der Waals surface area contributed by atoms with Gasteiger partial charge >= 0.3 is 5.69 Å². The second kappa shape index (κ2) is 6.66. The first-order valence-corrected chi connectivity index (χ1v) is 8.52. The third-order valence-corrected chi connectivity index (χ3v) is 4.36. The van der Waals surface area contributed by atoms with Crippen molar-refractivity contribution < 1.29 is 9.53 Å². The molecule has 8 nitrogen and oxygen atoms in total. The van der Waals surface area contributed by atoms with Gasteiger partial charge in [0.2, 0.25) is 0 Å². The number of nitrogens with two attached hydrogens (primary N) is 1. The van der Waals surface area contributed by atoms with Gasteiger partial charge in [-0.1, -0.05) is 24.3 Å². The Morgan fingerprint density at radius 1 is 1.14 bits per heavy atom. The van der Waals surface area contributed by atoms with E-state index in [1.54, 1.807) is 37.4 Å². The number of nitrogens with one attached hydrogen (secondary N) is 1. The number of aryl methyl sites for hydroxylation is 1. The van der Waals surface area contributed by atoms with Gasteiger partial charge in [0.15, 0.2) is 17.2 Å². The summed E-state index contributed by atoms with van der Waals surface area (Å²) in [5, 5.41) is 0. The first kappa shape index (κ1) is 17.5. The number of amides is 1. The Morgan fingerprint density at radius 2 is 1.93 bits per heavy atom. The number of hydrogen-bond donors (Lipinski definition) is 2. The molecule has 2 aromatic heterocycles. The summed E-state index contributed by atoms with van der Waals surface area (Å²) in [4.78, 5) is 36.1. The molecule has 2 aromatic carbocycles. The topological polar surface area (TPSA) is 116 Å². The SMILES string of the molecule is COc1cccc(-c2nc(C(N)=O)c3[nH]c(=O)n(-c4cccc(C)c4)c3n2)c1. The van der Waals surface area contributed by atoms with Gasteiger partial charge in [0.1, 0.15) is 11.3 Å². The summed E-state index contributed by atoms with van der Waals surface area (Å²) < 4.78 is 6.65. The molecule has 0 unspecified atom stereocenters. The number of ether oxygens (including phenoxy) is 1. The van der Waals surface area contributed by atoms with Gasteiger partial charge in [0.05, 0.1) is 12.8 Å². The summed E-state index contributed by atoms with van der Waals surface area (Å²) in [5.74, 6) is 0.127. The molecular formula is C20H17N5O3. The van der Waals surface area contributed by atoms with Gasteiger partial charge in [-0.15, -0.1) is 0 Å². The Hall–Kier alpha value is -3.94. The number of H-pyrrole nitrogens is 1. The van der Waals surface area contributed by atoms with Crippen LogP contribution in [0.15, 0.2) is 53.3 Å². The smallest absolute Gasteiger partial charge is 0.332 e. The predicted molar refractivity (Wildman–Crippen MR) is 105 cm³/mol. The minimum atomic E-state index is -0.755. The average Bonchev–Trinajstić information content (AvgIpc) is 3.02. The summed E-state index contributed by atoms with van der Waals surface area (Å²) in [7, 11) is 1.56. The number of aromatic amines is 1. The van der Waals surface area contributed by atoms with Gasteiger partial charge in [-0.3, -0.25) is 4.79 Å². The first-order chi connectivity index (χ1) is 13.5. The molecule has 140 valence electrons. The highest BCUT2D eigenvalue weighted by atomic mass is 16.5. The van der Waals surface area contributed by atoms with E-state index in [2.05, 4.69) is 15.0 Å². The van der Waals surface area contributed by atoms with Crippen LogP contribution in [0, 0.1) is 6.92 Å². The van der Waals surface area contributed by atoms with Crippen LogP contribution < -0.4 is 16.2 Å². The third kappa shape index (κ3) is 2.90. The van der Waals surface area contributed by atoms with Crippen LogP contribution in [0.3, 0.4) is 0 Å². The standard InChI is InChI=1S/C20H17N5O3/c1-11-5-3-7-13(9-11)25-19-16(23-20(25)27)15(17(21)26)22-18(24-19)12-6-4-8-14(10-12)28-2/h3-10H,1-2H3,(H2,21,26)(H,23,27). The zero-order valence-corrected chi connectivity index (χ0v) is 15.3. The van der Waals surface area contributed by atoms with Crippen molar-refractivity contribution in [2.75, 3.05) is 7.11 Å². The lowest BCUT2D eigenvalue weighted by molar-refractivity contribution is 0.0997. The molecule has 4 rings (SSSR count). The molecule has 0 aliphatic rings. The second-order valence-electron chi connectivity index (χ2n) is 6.30. The van der Waals surface area contributed by atoms with Gasteiger partial charge in [0, 0.05) is 5.56 Å². The van der Waals surface area contributed by atoms with Crippen molar-refractivity contribution in [3.63, 3.8) is 0 Å². The number of fused-ring (bicyclic) bond motifs is 1. The number of nitrogens with zero attached hydrogens (tertiary/aromatic N) is 3. The zero-order chi connectivity index (χ0) is 19.8. The maximum Gasteiger partial charge on any atom is 0.332 e. The van der Waals surface area contributed by atoms with Crippen molar-refractivity contribution in [1.82, 2.24) is 19.5 Å². The molecule has 4 aromatic rings. The number of benzene rings is 2. The summed E-state index contributed by atoms with van der Waals surface area (Å²) in [6, 6.07) is 14.5. The van der Waals surface area contributed by atoms with E-state index in [-0.39, 0.29) is 22.7 Å². The van der Waals surface area contributed by atoms with E-state index in [1.807, 2.05) is 25.1 Å². The lowest BCUT2D eigenvalue weighted by Gasteiger charge is -2.08. The molecule has 28 heavy (non-hydrogen) atoms. The van der Waals surface area contributed by atoms with Gasteiger partial charge in [-0.05, 0) is 36.8 Å². The molecule has 0 atom stereocenters. The fraction of sp³-hybridized carbons (Fsp3) is 0.100. The summed E-state index contributed by atoms with van der Waals surface area (Å²) in [6.45, 7) is 1.93. The molecule has 0 aliphatic carbocycles. The maximum absolute atomic E-state index is 12.6. The Morgan fingerprint density at radius 3 is 2.64 bits per heavy atom. The molecule has 0 spiro atoms. The van der Waals surface area contributed by atoms with Crippen LogP contribution in [0.5, 0.6) is 5.75 Å². The molecular weight excluding hydrogens is 358 g/mol. The minimum Gasteiger partial charge on any atom is -0.497 e. The molecule has 0 fully saturated rings. The van der Waals surface area contributed by atoms with E-state index in [0.29, 0.717) is 17.0 Å². The molecule has 8 heteroatoms. The van der Waals surface area contributed by atoms with Crippen molar-refractivity contribution in [2.24, 2.45) is 5.73 Å². The van der Waals surface area contributed by atoms with Gasteiger partial charge in [-0.2, -0.15) is 0 Å². The minimum absolute atomic E-state index is 0.0497. The van der Waals surface area contributed by atoms with E-state index in [9.17, 15) is 9.59 Å². The Balaban J connectivity index is 2.05. The fourth-order valence-corrected chi connectivity index (χ4v) is 3.06. The van der Waals surface area contributed by atoms with Crippen LogP contribution in [-0.4, -0.2) is 32.5 Å². The lowest BCUT2D eigenvalue weighted by atomic mass is 10.2. The number of rotatable bonds is 4. The van der Waals surface area contributed by atoms with Crippen LogP contribution in [0.1, 0.15) is 16.1 Å². The van der Waals surface area contributed by atoms with Crippen molar-refractivity contribution in [2.45, 2.75) is 6.92 Å². The number of carbonyl (C=O) groups is 1. The highest BCUT2D eigenvalue weighted by molar-refractivity contribution is 6.02. The summed E-state index contributed by atoms with van der Waals surface area (Å²) in [6.07, 6.45) is 0. The molecule has 0 aliphatic heterocycles. The molecule has 2 heterocycles. The van der Waals surface area contributed by atoms with Crippen molar-refractivity contribution >= 4 is 17.1 Å². The summed E-state index contributed by atoms with van der Waals surface area (Å²) >= 11 is 0. The molecule has 1 amide bonds. The Kier molecular flexibility index (Phi) is 4.15. The quantitative estimate of drug-likeness (QED) is 0.567. The maximum atomic E-state index is 12.6. The van der Waals surface area contributed by atoms with E-state index in [4.69, 9.17) is 10.5 Å². The number of carbonyl (C=O) groups excluding carboxylic acids is 1. The van der Waals surface area contributed by atoms with Crippen molar-refractivity contribution in [3.8, 4) is 22.8 Å². The first-order valence-electron chi connectivity index (χ1n) is 8.52. The van der Waals surface area contributed by atoms with Crippen LogP contribution >= 0.6 is 0 Å². The predicted octanol–water partition coefficient (Wildman–Crippen LogP) is 2.19. The second-order valence-corrected chi connectivity index (χ2v) is 6.30. The molecule has 0 saturated heterocycles. The van der Waals surface area contributed by atoms with E-state index >= 15 is 0 Å². The van der Waals surface area contributed by atoms with Gasteiger partial charge < -0.3 is 15.5 Å². The number of primary amides is 1. The molecule has 0 saturated carbocycles. The van der Waals surface area contributed by atoms with E-state index in [0.717, 1.165) is 5.56 Å². The average molecular weight is 375 g/mol. The van der Waals surface area contributed by atoms with Gasteiger partial charge in [0.25, 0.3) is 5.91 Å². The Bertz CT molecular complexity index is 1270. The number of aromatic nitrogens is 4. The summed E-state index contributed by atoms with van der Waals surface area (Å²) in [5.41, 5.74) is 7.76. The van der Waals surface area contributed by atoms with Crippen LogP contribution in [0.25, 0.3) is 28.2 Å². The van der Waals surface area contributed by atoms with Crippen LogP contribution in [0.4, 0.5) is 0 Å². The monoisotopic (exact) mass is 375 g/mol. The van der Waals surface area contributed by atoms with Crippen molar-refractivity contribution in [3.05, 3.63) is 70.3 Å². The van der Waals surface area contributed by atoms with Gasteiger partial charge in [-0.25, -0.2) is 19.3 Å². The molecule has 3 N–H and O–H groups in total. The number of imidazole rings is 1. The fourth-order valence-electron chi connectivity index (χ4n) is 3.06. The van der Waals surface area contributed by atoms with Crippen LogP contribution in [-0.2, 0) is 0 Å². The number of hydrogen-bond acceptors (Lipinski definition) is 5. The number of methoxy groups -OCH3 is 1. The largest absolute Gasteiger partial charge is 0.497 e. The van der Waals surface area contributed by atoms with Crippen LogP contribution in [0.2, 0.25) is 0 Å². The Labute approximate surface area is 159 Å². The zero-order valence-electron chi connectivity index (χ0n) is 15.3. The molecule has 0 radical (unpaired) electrons. The van der Waals surface area contributed by atoms with E-state index < -0.39 is 11.6 Å². The highest BCUT2D eigenvalue weighted by Crippen LogP contribution is 2.24. The van der Waals surface area contributed by atoms with E-state index in [1.165, 1.54) is 4.57 Å².